The normalized spacial score (nSPS) is 10.5. The minimum Gasteiger partial charge on any atom is -0.207 e. The van der Waals surface area contributed by atoms with E-state index in [1.165, 1.54) is 12.1 Å². The Labute approximate surface area is 88.5 Å². The maximum atomic E-state index is 12.9. The molecule has 0 unspecified atom stereocenters. The fourth-order valence-corrected chi connectivity index (χ4v) is 1.26. The Bertz CT molecular complexity index is 464. The fourth-order valence-electron chi connectivity index (χ4n) is 1.26. The Morgan fingerprint density at radius 1 is 1.40 bits per heavy atom. The third-order valence-electron chi connectivity index (χ3n) is 1.93. The van der Waals surface area contributed by atoms with Gasteiger partial charge in [0.15, 0.2) is 0 Å². The molecule has 1 aromatic carbocycles. The summed E-state index contributed by atoms with van der Waals surface area (Å²) in [5.74, 6) is -0.419. The largest absolute Gasteiger partial charge is 0.207 e. The van der Waals surface area contributed by atoms with Crippen LogP contribution in [0.25, 0.3) is 5.57 Å². The molecule has 0 spiro atoms. The van der Waals surface area contributed by atoms with E-state index < -0.39 is 5.82 Å². The smallest absolute Gasteiger partial charge is 0.124 e. The summed E-state index contributed by atoms with van der Waals surface area (Å²) in [5, 5.41) is 8.85. The van der Waals surface area contributed by atoms with Gasteiger partial charge < -0.3 is 0 Å². The molecule has 15 heavy (non-hydrogen) atoms. The van der Waals surface area contributed by atoms with Crippen LogP contribution in [0.15, 0.2) is 49.6 Å². The Hall–Kier alpha value is -2.14. The first-order valence-corrected chi connectivity index (χ1v) is 4.38. The van der Waals surface area contributed by atoms with Crippen LogP contribution in [0.1, 0.15) is 11.1 Å². The highest BCUT2D eigenvalue weighted by atomic mass is 19.1. The lowest BCUT2D eigenvalue weighted by molar-refractivity contribution is 0.627. The molecule has 1 aromatic rings. The van der Waals surface area contributed by atoms with Crippen LogP contribution in [0.4, 0.5) is 4.39 Å². The van der Waals surface area contributed by atoms with Crippen LogP contribution in [0.5, 0.6) is 0 Å². The average molecular weight is 199 g/mol. The lowest BCUT2D eigenvalue weighted by Gasteiger charge is -2.04. The molecule has 0 aromatic heterocycles. The van der Waals surface area contributed by atoms with Crippen molar-refractivity contribution in [1.29, 1.82) is 5.26 Å². The molecule has 0 saturated heterocycles. The first kappa shape index (κ1) is 10.9. The quantitative estimate of drug-likeness (QED) is 0.684. The molecule has 0 atom stereocenters. The highest BCUT2D eigenvalue weighted by Gasteiger charge is 2.05. The molecule has 0 N–H and O–H groups in total. The van der Waals surface area contributed by atoms with Crippen LogP contribution >= 0.6 is 0 Å². The zero-order chi connectivity index (χ0) is 11.3. The molecule has 0 heterocycles. The summed E-state index contributed by atoms with van der Waals surface area (Å²) in [6.45, 7) is 7.20. The van der Waals surface area contributed by atoms with Gasteiger partial charge in [-0.15, -0.1) is 0 Å². The number of rotatable bonds is 3. The standard InChI is InChI=1S/C13H10FN/c1-3-5-10(4-2)13-7-6-12(14)8-11(13)9-15/h3-8H,1-2H2. The molecule has 0 aliphatic carbocycles. The summed E-state index contributed by atoms with van der Waals surface area (Å²) in [6, 6.07) is 6.03. The van der Waals surface area contributed by atoms with Gasteiger partial charge in [-0.3, -0.25) is 0 Å². The molecule has 1 rings (SSSR count). The monoisotopic (exact) mass is 199 g/mol. The second-order valence-corrected chi connectivity index (χ2v) is 2.86. The number of hydrogen-bond acceptors (Lipinski definition) is 1. The van der Waals surface area contributed by atoms with Crippen LogP contribution in [0, 0.1) is 17.1 Å². The highest BCUT2D eigenvalue weighted by molar-refractivity contribution is 5.78. The summed E-state index contributed by atoms with van der Waals surface area (Å²) in [4.78, 5) is 0. The molecule has 0 amide bonds. The van der Waals surface area contributed by atoms with Crippen LogP contribution in [0.3, 0.4) is 0 Å². The molecule has 0 bridgehead atoms. The maximum absolute atomic E-state index is 12.9. The van der Waals surface area contributed by atoms with Gasteiger partial charge in [-0.25, -0.2) is 4.39 Å². The average Bonchev–Trinajstić information content (AvgIpc) is 2.26. The van der Waals surface area contributed by atoms with Gasteiger partial charge in [0, 0.05) is 0 Å². The van der Waals surface area contributed by atoms with Crippen LogP contribution in [-0.4, -0.2) is 0 Å². The van der Waals surface area contributed by atoms with Crippen molar-refractivity contribution in [3.63, 3.8) is 0 Å². The number of halogens is 1. The van der Waals surface area contributed by atoms with Crippen molar-refractivity contribution in [2.24, 2.45) is 0 Å². The highest BCUT2D eigenvalue weighted by Crippen LogP contribution is 2.20. The predicted octanol–water partition coefficient (Wildman–Crippen LogP) is 3.45. The second-order valence-electron chi connectivity index (χ2n) is 2.86. The SMILES string of the molecule is C=CC=C(C=C)c1ccc(F)cc1C#N. The van der Waals surface area contributed by atoms with Crippen molar-refractivity contribution in [2.45, 2.75) is 0 Å². The third-order valence-corrected chi connectivity index (χ3v) is 1.93. The van der Waals surface area contributed by atoms with E-state index in [0.29, 0.717) is 11.1 Å². The van der Waals surface area contributed by atoms with Gasteiger partial charge in [0.05, 0.1) is 11.6 Å². The number of benzene rings is 1. The Morgan fingerprint density at radius 3 is 2.67 bits per heavy atom. The minimum absolute atomic E-state index is 0.294. The molecule has 0 radical (unpaired) electrons. The van der Waals surface area contributed by atoms with E-state index in [1.54, 1.807) is 24.3 Å². The molecule has 0 saturated carbocycles. The zero-order valence-electron chi connectivity index (χ0n) is 8.20. The summed E-state index contributed by atoms with van der Waals surface area (Å²) < 4.78 is 12.9. The van der Waals surface area contributed by atoms with Gasteiger partial charge in [-0.2, -0.15) is 5.26 Å². The Balaban J connectivity index is 3.37. The van der Waals surface area contributed by atoms with Crippen LogP contribution in [0.2, 0.25) is 0 Å². The van der Waals surface area contributed by atoms with Crippen LogP contribution in [-0.2, 0) is 0 Å². The maximum Gasteiger partial charge on any atom is 0.124 e. The summed E-state index contributed by atoms with van der Waals surface area (Å²) >= 11 is 0. The third kappa shape index (κ3) is 2.41. The van der Waals surface area contributed by atoms with E-state index in [4.69, 9.17) is 5.26 Å². The number of nitriles is 1. The van der Waals surface area contributed by atoms with Gasteiger partial charge in [0.25, 0.3) is 0 Å². The topological polar surface area (TPSA) is 23.8 Å². The predicted molar refractivity (Wildman–Crippen MR) is 59.5 cm³/mol. The molecule has 2 heteroatoms. The number of nitrogens with zero attached hydrogens (tertiary/aromatic N) is 1. The molecular formula is C13H10FN. The summed E-state index contributed by atoms with van der Waals surface area (Å²) in [5.41, 5.74) is 1.71. The zero-order valence-corrected chi connectivity index (χ0v) is 8.20. The van der Waals surface area contributed by atoms with E-state index in [9.17, 15) is 4.39 Å². The fraction of sp³-hybridized carbons (Fsp3) is 0. The Kier molecular flexibility index (Phi) is 3.59. The lowest BCUT2D eigenvalue weighted by Crippen LogP contribution is -1.89. The van der Waals surface area contributed by atoms with Gasteiger partial charge in [0.1, 0.15) is 5.82 Å². The number of allylic oxidation sites excluding steroid dienone is 4. The van der Waals surface area contributed by atoms with Crippen molar-refractivity contribution >= 4 is 5.57 Å². The van der Waals surface area contributed by atoms with E-state index in [-0.39, 0.29) is 0 Å². The Morgan fingerprint density at radius 2 is 2.13 bits per heavy atom. The molecule has 74 valence electrons. The van der Waals surface area contributed by atoms with Crippen molar-refractivity contribution < 1.29 is 4.39 Å². The molecule has 0 fully saturated rings. The lowest BCUT2D eigenvalue weighted by atomic mass is 10.00. The van der Waals surface area contributed by atoms with Gasteiger partial charge >= 0.3 is 0 Å². The molecule has 0 aliphatic heterocycles. The first-order chi connectivity index (χ1) is 7.22. The van der Waals surface area contributed by atoms with Gasteiger partial charge in [-0.05, 0) is 23.3 Å². The summed E-state index contributed by atoms with van der Waals surface area (Å²) in [7, 11) is 0. The van der Waals surface area contributed by atoms with Crippen molar-refractivity contribution in [3.05, 3.63) is 66.5 Å². The van der Waals surface area contributed by atoms with E-state index >= 15 is 0 Å². The van der Waals surface area contributed by atoms with Crippen molar-refractivity contribution in [3.8, 4) is 6.07 Å². The minimum atomic E-state index is -0.419. The first-order valence-electron chi connectivity index (χ1n) is 4.38. The van der Waals surface area contributed by atoms with Crippen molar-refractivity contribution in [1.82, 2.24) is 0 Å². The second kappa shape index (κ2) is 4.92. The van der Waals surface area contributed by atoms with E-state index in [0.717, 1.165) is 5.57 Å². The van der Waals surface area contributed by atoms with Crippen LogP contribution < -0.4 is 0 Å². The molecule has 1 nitrogen and oxygen atoms in total. The van der Waals surface area contributed by atoms with Crippen molar-refractivity contribution in [2.75, 3.05) is 0 Å². The summed E-state index contributed by atoms with van der Waals surface area (Å²) in [6.07, 6.45) is 4.93. The number of hydrogen-bond donors (Lipinski definition) is 0. The molecular weight excluding hydrogens is 189 g/mol. The van der Waals surface area contributed by atoms with Gasteiger partial charge in [0.2, 0.25) is 0 Å². The molecule has 0 aliphatic rings. The van der Waals surface area contributed by atoms with E-state index in [2.05, 4.69) is 13.2 Å². The van der Waals surface area contributed by atoms with E-state index in [1.807, 2.05) is 6.07 Å². The van der Waals surface area contributed by atoms with Gasteiger partial charge in [-0.1, -0.05) is 37.5 Å².